The zero-order chi connectivity index (χ0) is 12.0. The van der Waals surface area contributed by atoms with Gasteiger partial charge in [-0.1, -0.05) is 30.3 Å². The number of benzene rings is 1. The maximum Gasteiger partial charge on any atom is 0.412 e. The highest BCUT2D eigenvalue weighted by Crippen LogP contribution is 2.15. The number of aliphatic carboxylic acids is 1. The molecule has 0 radical (unpaired) electrons. The lowest BCUT2D eigenvalue weighted by molar-refractivity contribution is -0.131. The van der Waals surface area contributed by atoms with Crippen molar-refractivity contribution < 1.29 is 19.4 Å². The van der Waals surface area contributed by atoms with Crippen LogP contribution in [0, 0.1) is 0 Å². The predicted octanol–water partition coefficient (Wildman–Crippen LogP) is 1.47. The number of ether oxygens (including phenoxy) is 1. The summed E-state index contributed by atoms with van der Waals surface area (Å²) in [7, 11) is 1.39. The summed E-state index contributed by atoms with van der Waals surface area (Å²) in [6, 6.07) is 8.52. The third kappa shape index (κ3) is 3.45. The van der Waals surface area contributed by atoms with Crippen LogP contribution in [0.1, 0.15) is 5.56 Å². The van der Waals surface area contributed by atoms with E-state index in [1.54, 1.807) is 30.3 Å². The van der Waals surface area contributed by atoms with Crippen LogP contribution in [-0.4, -0.2) is 24.2 Å². The molecule has 1 aromatic carbocycles. The molecule has 5 heteroatoms. The first-order valence-corrected chi connectivity index (χ1v) is 4.53. The molecule has 2 N–H and O–H groups in total. The van der Waals surface area contributed by atoms with Crippen molar-refractivity contribution in [1.29, 1.82) is 0 Å². The quantitative estimate of drug-likeness (QED) is 0.598. The Hall–Kier alpha value is -2.30. The van der Waals surface area contributed by atoms with Gasteiger partial charge in [-0.25, -0.2) is 9.59 Å². The van der Waals surface area contributed by atoms with Crippen molar-refractivity contribution in [2.45, 2.75) is 0 Å². The van der Waals surface area contributed by atoms with E-state index in [2.05, 4.69) is 5.32 Å². The third-order valence-corrected chi connectivity index (χ3v) is 1.72. The SMILES string of the molecule is CNC(=O)OC(=CC(=O)O)c1ccccc1. The molecule has 1 rings (SSSR count). The molecule has 0 aliphatic heterocycles. The highest BCUT2D eigenvalue weighted by molar-refractivity contribution is 5.90. The van der Waals surface area contributed by atoms with E-state index < -0.39 is 12.1 Å². The number of carbonyl (C=O) groups is 2. The number of carbonyl (C=O) groups excluding carboxylic acids is 1. The zero-order valence-corrected chi connectivity index (χ0v) is 8.64. The van der Waals surface area contributed by atoms with Gasteiger partial charge in [-0.3, -0.25) is 0 Å². The van der Waals surface area contributed by atoms with E-state index >= 15 is 0 Å². The lowest BCUT2D eigenvalue weighted by Gasteiger charge is -2.07. The van der Waals surface area contributed by atoms with Crippen LogP contribution in [0.4, 0.5) is 4.79 Å². The molecule has 1 aromatic rings. The molecule has 84 valence electrons. The molecular formula is C11H11NO4. The van der Waals surface area contributed by atoms with Gasteiger partial charge in [0.2, 0.25) is 0 Å². The van der Waals surface area contributed by atoms with E-state index in [1.807, 2.05) is 0 Å². The molecule has 0 aliphatic rings. The molecule has 0 aliphatic carbocycles. The maximum absolute atomic E-state index is 11.0. The van der Waals surface area contributed by atoms with Crippen LogP contribution < -0.4 is 5.32 Å². The van der Waals surface area contributed by atoms with Gasteiger partial charge in [-0.05, 0) is 0 Å². The Labute approximate surface area is 92.3 Å². The largest absolute Gasteiger partial charge is 0.478 e. The number of nitrogens with one attached hydrogen (secondary N) is 1. The Morgan fingerprint density at radius 1 is 1.31 bits per heavy atom. The molecule has 0 saturated heterocycles. The van der Waals surface area contributed by atoms with E-state index in [9.17, 15) is 9.59 Å². The van der Waals surface area contributed by atoms with Crippen LogP contribution in [0.2, 0.25) is 0 Å². The average molecular weight is 221 g/mol. The van der Waals surface area contributed by atoms with Gasteiger partial charge in [-0.2, -0.15) is 0 Å². The van der Waals surface area contributed by atoms with Crippen LogP contribution in [0.15, 0.2) is 36.4 Å². The third-order valence-electron chi connectivity index (χ3n) is 1.72. The number of rotatable bonds is 3. The summed E-state index contributed by atoms with van der Waals surface area (Å²) in [5, 5.41) is 10.9. The summed E-state index contributed by atoms with van der Waals surface area (Å²) in [6.45, 7) is 0. The smallest absolute Gasteiger partial charge is 0.412 e. The topological polar surface area (TPSA) is 75.6 Å². The molecule has 0 saturated carbocycles. The number of carboxylic acids is 1. The molecule has 0 aromatic heterocycles. The molecule has 0 heterocycles. The standard InChI is InChI=1S/C11H11NO4/c1-12-11(15)16-9(7-10(13)14)8-5-3-2-4-6-8/h2-7H,1H3,(H,12,15)(H,13,14). The van der Waals surface area contributed by atoms with Crippen LogP contribution in [0.25, 0.3) is 5.76 Å². The van der Waals surface area contributed by atoms with Gasteiger partial charge in [0.15, 0.2) is 0 Å². The fourth-order valence-corrected chi connectivity index (χ4v) is 1.04. The lowest BCUT2D eigenvalue weighted by Crippen LogP contribution is -2.18. The molecule has 0 unspecified atom stereocenters. The minimum atomic E-state index is -1.18. The number of amides is 1. The Morgan fingerprint density at radius 3 is 2.44 bits per heavy atom. The van der Waals surface area contributed by atoms with E-state index in [4.69, 9.17) is 9.84 Å². The molecule has 1 amide bonds. The van der Waals surface area contributed by atoms with Crippen LogP contribution in [-0.2, 0) is 9.53 Å². The zero-order valence-electron chi connectivity index (χ0n) is 8.64. The molecule has 16 heavy (non-hydrogen) atoms. The average Bonchev–Trinajstić information content (AvgIpc) is 2.28. The normalized spacial score (nSPS) is 10.7. The first kappa shape index (κ1) is 11.8. The summed E-state index contributed by atoms with van der Waals surface area (Å²) in [4.78, 5) is 21.6. The van der Waals surface area contributed by atoms with Gasteiger partial charge >= 0.3 is 12.1 Å². The summed E-state index contributed by atoms with van der Waals surface area (Å²) in [5.74, 6) is -1.18. The van der Waals surface area contributed by atoms with Crippen LogP contribution in [0.5, 0.6) is 0 Å². The summed E-state index contributed by atoms with van der Waals surface area (Å²) in [6.07, 6.45) is 0.126. The molecule has 0 fully saturated rings. The van der Waals surface area contributed by atoms with Crippen molar-refractivity contribution in [2.24, 2.45) is 0 Å². The number of carboxylic acid groups (broad SMARTS) is 1. The van der Waals surface area contributed by atoms with E-state index in [0.29, 0.717) is 5.56 Å². The minimum Gasteiger partial charge on any atom is -0.478 e. The molecule has 0 bridgehead atoms. The van der Waals surface area contributed by atoms with Gasteiger partial charge in [0, 0.05) is 12.6 Å². The van der Waals surface area contributed by atoms with Crippen molar-refractivity contribution in [3.63, 3.8) is 0 Å². The van der Waals surface area contributed by atoms with Gasteiger partial charge in [-0.15, -0.1) is 0 Å². The summed E-state index contributed by atoms with van der Waals surface area (Å²) in [5.41, 5.74) is 0.522. The van der Waals surface area contributed by atoms with Gasteiger partial charge in [0.25, 0.3) is 0 Å². The Bertz CT molecular complexity index is 411. The van der Waals surface area contributed by atoms with Gasteiger partial charge < -0.3 is 15.2 Å². The van der Waals surface area contributed by atoms with Crippen molar-refractivity contribution in [3.05, 3.63) is 42.0 Å². The van der Waals surface area contributed by atoms with E-state index in [0.717, 1.165) is 6.08 Å². The second kappa shape index (κ2) is 5.55. The maximum atomic E-state index is 11.0. The van der Waals surface area contributed by atoms with Crippen LogP contribution >= 0.6 is 0 Å². The first-order valence-electron chi connectivity index (χ1n) is 4.53. The Kier molecular flexibility index (Phi) is 4.08. The van der Waals surface area contributed by atoms with Crippen LogP contribution in [0.3, 0.4) is 0 Å². The fourth-order valence-electron chi connectivity index (χ4n) is 1.04. The predicted molar refractivity (Wildman–Crippen MR) is 57.6 cm³/mol. The van der Waals surface area contributed by atoms with Crippen molar-refractivity contribution >= 4 is 17.8 Å². The molecular weight excluding hydrogens is 210 g/mol. The molecule has 0 atom stereocenters. The lowest BCUT2D eigenvalue weighted by atomic mass is 10.2. The van der Waals surface area contributed by atoms with Gasteiger partial charge in [0.1, 0.15) is 5.76 Å². The monoisotopic (exact) mass is 221 g/mol. The summed E-state index contributed by atoms with van der Waals surface area (Å²) >= 11 is 0. The number of alkyl carbamates (subject to hydrolysis) is 1. The van der Waals surface area contributed by atoms with E-state index in [1.165, 1.54) is 7.05 Å². The molecule has 5 nitrogen and oxygen atoms in total. The highest BCUT2D eigenvalue weighted by Gasteiger charge is 2.09. The van der Waals surface area contributed by atoms with Gasteiger partial charge in [0.05, 0.1) is 6.08 Å². The second-order valence-corrected chi connectivity index (χ2v) is 2.85. The first-order chi connectivity index (χ1) is 7.63. The van der Waals surface area contributed by atoms with Crippen molar-refractivity contribution in [3.8, 4) is 0 Å². The summed E-state index contributed by atoms with van der Waals surface area (Å²) < 4.78 is 4.83. The number of hydrogen-bond acceptors (Lipinski definition) is 3. The number of hydrogen-bond donors (Lipinski definition) is 2. The Morgan fingerprint density at radius 2 is 1.94 bits per heavy atom. The van der Waals surface area contributed by atoms with Crippen molar-refractivity contribution in [2.75, 3.05) is 7.05 Å². The Balaban J connectivity index is 2.98. The fraction of sp³-hybridized carbons (Fsp3) is 0.0909. The van der Waals surface area contributed by atoms with E-state index in [-0.39, 0.29) is 5.76 Å². The highest BCUT2D eigenvalue weighted by atomic mass is 16.6. The second-order valence-electron chi connectivity index (χ2n) is 2.85. The van der Waals surface area contributed by atoms with Crippen molar-refractivity contribution in [1.82, 2.24) is 5.32 Å². The molecule has 0 spiro atoms. The minimum absolute atomic E-state index is 0.00699.